The van der Waals surface area contributed by atoms with Gasteiger partial charge in [-0.2, -0.15) is 0 Å². The number of halogens is 2. The fraction of sp³-hybridized carbons (Fsp3) is 0.571. The summed E-state index contributed by atoms with van der Waals surface area (Å²) in [5, 5.41) is 3.36. The van der Waals surface area contributed by atoms with Crippen LogP contribution in [0.3, 0.4) is 0 Å². The van der Waals surface area contributed by atoms with Gasteiger partial charge < -0.3 is 5.32 Å². The summed E-state index contributed by atoms with van der Waals surface area (Å²) < 4.78 is 26.3. The van der Waals surface area contributed by atoms with Crippen LogP contribution < -0.4 is 5.32 Å². The Balaban J connectivity index is 2.55. The quantitative estimate of drug-likeness (QED) is 0.844. The van der Waals surface area contributed by atoms with Crippen LogP contribution >= 0.6 is 0 Å². The van der Waals surface area contributed by atoms with E-state index in [0.717, 1.165) is 19.0 Å². The van der Waals surface area contributed by atoms with E-state index in [1.54, 1.807) is 0 Å². The maximum Gasteiger partial charge on any atom is 0.129 e. The van der Waals surface area contributed by atoms with Gasteiger partial charge in [0.05, 0.1) is 0 Å². The number of rotatable bonds is 4. The van der Waals surface area contributed by atoms with Crippen molar-refractivity contribution >= 4 is 0 Å². The Morgan fingerprint density at radius 1 is 1.24 bits per heavy atom. The Morgan fingerprint density at radius 3 is 2.41 bits per heavy atom. The van der Waals surface area contributed by atoms with Crippen molar-refractivity contribution in [2.24, 2.45) is 0 Å². The van der Waals surface area contributed by atoms with Crippen molar-refractivity contribution < 1.29 is 8.78 Å². The smallest absolute Gasteiger partial charge is 0.129 e. The molecule has 1 atom stereocenters. The molecule has 0 aliphatic heterocycles. The van der Waals surface area contributed by atoms with Gasteiger partial charge in [0, 0.05) is 11.6 Å². The molecule has 3 heteroatoms. The lowest BCUT2D eigenvalue weighted by molar-refractivity contribution is 0.411. The summed E-state index contributed by atoms with van der Waals surface area (Å²) in [6.07, 6.45) is 0.833. The topological polar surface area (TPSA) is 12.0 Å². The second-order valence-corrected chi connectivity index (χ2v) is 5.53. The van der Waals surface area contributed by atoms with Crippen LogP contribution in [0.1, 0.15) is 45.6 Å². The Kier molecular flexibility index (Phi) is 4.63. The number of hydrogen-bond donors (Lipinski definition) is 1. The lowest BCUT2D eigenvalue weighted by atomic mass is 9.96. The average Bonchev–Trinajstić information content (AvgIpc) is 2.15. The van der Waals surface area contributed by atoms with E-state index >= 15 is 0 Å². The molecule has 96 valence electrons. The van der Waals surface area contributed by atoms with E-state index in [1.165, 1.54) is 12.1 Å². The Bertz CT molecular complexity index is 369. The monoisotopic (exact) mass is 241 g/mol. The predicted molar refractivity (Wildman–Crippen MR) is 67.1 cm³/mol. The fourth-order valence-electron chi connectivity index (χ4n) is 1.72. The summed E-state index contributed by atoms with van der Waals surface area (Å²) in [7, 11) is 0. The van der Waals surface area contributed by atoms with E-state index in [0.29, 0.717) is 5.56 Å². The normalized spacial score (nSPS) is 13.8. The van der Waals surface area contributed by atoms with Crippen molar-refractivity contribution in [3.63, 3.8) is 0 Å². The molecule has 0 fully saturated rings. The van der Waals surface area contributed by atoms with E-state index in [-0.39, 0.29) is 11.5 Å². The largest absolute Gasteiger partial charge is 0.312 e. The molecule has 0 bridgehead atoms. The molecule has 1 aromatic rings. The van der Waals surface area contributed by atoms with Gasteiger partial charge in [0.25, 0.3) is 0 Å². The summed E-state index contributed by atoms with van der Waals surface area (Å²) in [5.74, 6) is -0.884. The number of nitrogens with one attached hydrogen (secondary N) is 1. The fourth-order valence-corrected chi connectivity index (χ4v) is 1.72. The Labute approximate surface area is 102 Å². The second kappa shape index (κ2) is 5.58. The van der Waals surface area contributed by atoms with Crippen molar-refractivity contribution in [2.75, 3.05) is 6.54 Å². The SMILES string of the molecule is CC(CCNC(C)(C)C)c1ccc(F)cc1F. The Morgan fingerprint density at radius 2 is 1.88 bits per heavy atom. The van der Waals surface area contributed by atoms with Gasteiger partial charge in [-0.25, -0.2) is 8.78 Å². The molecule has 0 saturated heterocycles. The van der Waals surface area contributed by atoms with Gasteiger partial charge in [0.1, 0.15) is 11.6 Å². The first-order valence-corrected chi connectivity index (χ1v) is 5.99. The summed E-state index contributed by atoms with van der Waals surface area (Å²) in [6.45, 7) is 9.06. The lowest BCUT2D eigenvalue weighted by Gasteiger charge is -2.22. The molecular formula is C14H21F2N. The van der Waals surface area contributed by atoms with Gasteiger partial charge in [-0.15, -0.1) is 0 Å². The lowest BCUT2D eigenvalue weighted by Crippen LogP contribution is -2.36. The van der Waals surface area contributed by atoms with Crippen LogP contribution in [0.4, 0.5) is 8.78 Å². The molecule has 0 radical (unpaired) electrons. The molecule has 1 aromatic carbocycles. The molecule has 17 heavy (non-hydrogen) atoms. The molecule has 1 nitrogen and oxygen atoms in total. The van der Waals surface area contributed by atoms with Crippen molar-refractivity contribution in [1.29, 1.82) is 0 Å². The van der Waals surface area contributed by atoms with Crippen LogP contribution in [0, 0.1) is 11.6 Å². The first-order chi connectivity index (χ1) is 7.79. The van der Waals surface area contributed by atoms with Crippen molar-refractivity contribution in [2.45, 2.75) is 45.6 Å². The summed E-state index contributed by atoms with van der Waals surface area (Å²) in [5.41, 5.74) is 0.656. The second-order valence-electron chi connectivity index (χ2n) is 5.53. The third-order valence-corrected chi connectivity index (χ3v) is 2.73. The van der Waals surface area contributed by atoms with E-state index in [9.17, 15) is 8.78 Å². The maximum absolute atomic E-state index is 13.5. The molecule has 0 spiro atoms. The molecule has 1 rings (SSSR count). The van der Waals surface area contributed by atoms with Crippen LogP contribution in [0.15, 0.2) is 18.2 Å². The zero-order valence-electron chi connectivity index (χ0n) is 11.0. The minimum atomic E-state index is -0.522. The van der Waals surface area contributed by atoms with Crippen LogP contribution in [-0.2, 0) is 0 Å². The van der Waals surface area contributed by atoms with E-state index in [1.807, 2.05) is 6.92 Å². The molecule has 0 aliphatic carbocycles. The highest BCUT2D eigenvalue weighted by atomic mass is 19.1. The molecule has 0 saturated carbocycles. The first kappa shape index (κ1) is 14.1. The first-order valence-electron chi connectivity index (χ1n) is 5.99. The van der Waals surface area contributed by atoms with Gasteiger partial charge in [-0.3, -0.25) is 0 Å². The molecule has 0 aromatic heterocycles. The van der Waals surface area contributed by atoms with Gasteiger partial charge in [0.15, 0.2) is 0 Å². The van der Waals surface area contributed by atoms with E-state index in [4.69, 9.17) is 0 Å². The van der Waals surface area contributed by atoms with Crippen molar-refractivity contribution in [3.05, 3.63) is 35.4 Å². The minimum absolute atomic E-state index is 0.0705. The predicted octanol–water partition coefficient (Wildman–Crippen LogP) is 3.85. The zero-order chi connectivity index (χ0) is 13.1. The van der Waals surface area contributed by atoms with Gasteiger partial charge in [0.2, 0.25) is 0 Å². The summed E-state index contributed by atoms with van der Waals surface area (Å²) >= 11 is 0. The summed E-state index contributed by atoms with van der Waals surface area (Å²) in [6, 6.07) is 3.79. The van der Waals surface area contributed by atoms with E-state index < -0.39 is 11.6 Å². The van der Waals surface area contributed by atoms with Crippen molar-refractivity contribution in [1.82, 2.24) is 5.32 Å². The van der Waals surface area contributed by atoms with Crippen LogP contribution in [-0.4, -0.2) is 12.1 Å². The van der Waals surface area contributed by atoms with Gasteiger partial charge >= 0.3 is 0 Å². The van der Waals surface area contributed by atoms with Gasteiger partial charge in [-0.1, -0.05) is 13.0 Å². The molecular weight excluding hydrogens is 220 g/mol. The molecule has 0 aliphatic rings. The van der Waals surface area contributed by atoms with Crippen LogP contribution in [0.5, 0.6) is 0 Å². The molecule has 1 unspecified atom stereocenters. The highest BCUT2D eigenvalue weighted by Crippen LogP contribution is 2.22. The maximum atomic E-state index is 13.5. The summed E-state index contributed by atoms with van der Waals surface area (Å²) in [4.78, 5) is 0. The number of hydrogen-bond acceptors (Lipinski definition) is 1. The third-order valence-electron chi connectivity index (χ3n) is 2.73. The molecule has 0 heterocycles. The molecule has 0 amide bonds. The van der Waals surface area contributed by atoms with Crippen LogP contribution in [0.25, 0.3) is 0 Å². The average molecular weight is 241 g/mol. The van der Waals surface area contributed by atoms with Crippen molar-refractivity contribution in [3.8, 4) is 0 Å². The zero-order valence-corrected chi connectivity index (χ0v) is 11.0. The number of benzene rings is 1. The highest BCUT2D eigenvalue weighted by molar-refractivity contribution is 5.22. The highest BCUT2D eigenvalue weighted by Gasteiger charge is 2.13. The standard InChI is InChI=1S/C14H21F2N/c1-10(7-8-17-14(2,3)4)12-6-5-11(15)9-13(12)16/h5-6,9-10,17H,7-8H2,1-4H3. The third kappa shape index (κ3) is 4.82. The minimum Gasteiger partial charge on any atom is -0.312 e. The molecule has 1 N–H and O–H groups in total. The van der Waals surface area contributed by atoms with Gasteiger partial charge in [-0.05, 0) is 51.3 Å². The Hall–Kier alpha value is -0.960. The van der Waals surface area contributed by atoms with E-state index in [2.05, 4.69) is 26.1 Å². The van der Waals surface area contributed by atoms with Crippen LogP contribution in [0.2, 0.25) is 0 Å².